The third-order valence-electron chi connectivity index (χ3n) is 12.1. The Morgan fingerprint density at radius 2 is 1.73 bits per heavy atom. The van der Waals surface area contributed by atoms with Crippen molar-refractivity contribution in [2.45, 2.75) is 90.4 Å². The molecule has 0 bridgehead atoms. The molecule has 1 aliphatic carbocycles. The molecule has 4 atom stereocenters. The number of thioether (sulfide) groups is 1. The molecule has 9 heteroatoms. The average molecular weight is 705 g/mol. The van der Waals surface area contributed by atoms with Crippen molar-refractivity contribution < 1.29 is 9.59 Å². The van der Waals surface area contributed by atoms with Crippen molar-refractivity contribution in [3.63, 3.8) is 0 Å². The van der Waals surface area contributed by atoms with E-state index in [1.165, 1.54) is 12.8 Å². The maximum Gasteiger partial charge on any atom is 0.239 e. The van der Waals surface area contributed by atoms with Gasteiger partial charge in [-0.05, 0) is 98.4 Å². The van der Waals surface area contributed by atoms with Crippen molar-refractivity contribution in [1.82, 2.24) is 29.7 Å². The van der Waals surface area contributed by atoms with E-state index in [-0.39, 0.29) is 41.0 Å². The molecule has 2 aliphatic heterocycles. The molecule has 2 aromatic heterocycles. The summed E-state index contributed by atoms with van der Waals surface area (Å²) in [6.07, 6.45) is 9.33. The molecule has 7 rings (SSSR count). The highest BCUT2D eigenvalue weighted by atomic mass is 32.2. The predicted molar refractivity (Wildman–Crippen MR) is 206 cm³/mol. The average Bonchev–Trinajstić information content (AvgIpc) is 3.45. The van der Waals surface area contributed by atoms with Gasteiger partial charge in [0.1, 0.15) is 11.6 Å². The lowest BCUT2D eigenvalue weighted by atomic mass is 9.92. The summed E-state index contributed by atoms with van der Waals surface area (Å²) in [6.45, 7) is 15.0. The van der Waals surface area contributed by atoms with E-state index in [1.54, 1.807) is 11.8 Å². The molecule has 4 unspecified atom stereocenters. The minimum absolute atomic E-state index is 0.0208. The molecule has 2 N–H and O–H groups in total. The zero-order valence-electron chi connectivity index (χ0n) is 31.2. The van der Waals surface area contributed by atoms with Gasteiger partial charge in [0.25, 0.3) is 0 Å². The van der Waals surface area contributed by atoms with Crippen molar-refractivity contribution in [3.05, 3.63) is 71.4 Å². The Labute approximate surface area is 307 Å². The Morgan fingerprint density at radius 1 is 1.00 bits per heavy atom. The number of carbonyl (C=O) groups is 2. The van der Waals surface area contributed by atoms with Crippen molar-refractivity contribution >= 4 is 34.6 Å². The second kappa shape index (κ2) is 13.8. The number of H-pyrrole nitrogens is 2. The Bertz CT molecular complexity index is 1980. The number of hydrogen-bond acceptors (Lipinski definition) is 5. The summed E-state index contributed by atoms with van der Waals surface area (Å²) in [6, 6.07) is 14.3. The van der Waals surface area contributed by atoms with Crippen LogP contribution in [0.5, 0.6) is 0 Å². The summed E-state index contributed by atoms with van der Waals surface area (Å²) in [7, 11) is 0. The zero-order chi connectivity index (χ0) is 36.1. The van der Waals surface area contributed by atoms with Crippen LogP contribution in [-0.4, -0.2) is 72.2 Å². The Hall–Kier alpha value is -4.03. The van der Waals surface area contributed by atoms with Gasteiger partial charge in [0.05, 0.1) is 33.7 Å². The number of fused-ring (bicyclic) bond motifs is 1. The largest absolute Gasteiger partial charge is 0.342 e. The summed E-state index contributed by atoms with van der Waals surface area (Å²) < 4.78 is -0.454. The van der Waals surface area contributed by atoms with Crippen molar-refractivity contribution in [3.8, 4) is 23.1 Å². The van der Waals surface area contributed by atoms with Crippen LogP contribution in [0.3, 0.4) is 0 Å². The number of amides is 2. The van der Waals surface area contributed by atoms with Gasteiger partial charge in [-0.3, -0.25) is 9.59 Å². The molecule has 4 aromatic rings. The number of hydrogen-bond donors (Lipinski definition) is 2. The minimum atomic E-state index is -0.454. The van der Waals surface area contributed by atoms with Gasteiger partial charge < -0.3 is 19.8 Å². The van der Waals surface area contributed by atoms with E-state index in [4.69, 9.17) is 9.97 Å². The van der Waals surface area contributed by atoms with Gasteiger partial charge in [0, 0.05) is 42.6 Å². The molecule has 3 aliphatic rings. The third-order valence-corrected chi connectivity index (χ3v) is 13.6. The number of aromatic amines is 2. The maximum atomic E-state index is 13.9. The van der Waals surface area contributed by atoms with Gasteiger partial charge in [-0.25, -0.2) is 9.97 Å². The Morgan fingerprint density at radius 3 is 2.41 bits per heavy atom. The van der Waals surface area contributed by atoms with Crippen molar-refractivity contribution in [2.24, 2.45) is 23.2 Å². The SMILES string of the molecule is CSC(C)(C(=O)N1CC2(CC2)CC1c1ncc(-c2ccc(C#Cc3ccc4nc(C5CCCN(C(=O)C(C)C(C)C)C5)[nH]c4c3)cc2)[nH]1)C(C)C. The van der Waals surface area contributed by atoms with Gasteiger partial charge in [-0.1, -0.05) is 58.6 Å². The first kappa shape index (κ1) is 35.4. The maximum absolute atomic E-state index is 13.9. The fourth-order valence-corrected chi connectivity index (χ4v) is 8.48. The van der Waals surface area contributed by atoms with Gasteiger partial charge in [0.15, 0.2) is 0 Å². The van der Waals surface area contributed by atoms with Crippen LogP contribution >= 0.6 is 11.8 Å². The topological polar surface area (TPSA) is 98.0 Å². The second-order valence-electron chi connectivity index (χ2n) is 16.1. The van der Waals surface area contributed by atoms with Crippen LogP contribution in [0.4, 0.5) is 0 Å². The quantitative estimate of drug-likeness (QED) is 0.180. The number of likely N-dealkylation sites (tertiary alicyclic amines) is 2. The van der Waals surface area contributed by atoms with Gasteiger partial charge in [-0.15, -0.1) is 11.8 Å². The second-order valence-corrected chi connectivity index (χ2v) is 17.4. The van der Waals surface area contributed by atoms with Gasteiger partial charge >= 0.3 is 0 Å². The van der Waals surface area contributed by atoms with E-state index in [2.05, 4.69) is 79.5 Å². The monoisotopic (exact) mass is 704 g/mol. The molecular weight excluding hydrogens is 653 g/mol. The number of nitrogens with zero attached hydrogens (tertiary/aromatic N) is 4. The smallest absolute Gasteiger partial charge is 0.239 e. The van der Waals surface area contributed by atoms with E-state index in [0.717, 1.165) is 77.4 Å². The molecule has 2 amide bonds. The van der Waals surface area contributed by atoms with Crippen LogP contribution in [0.2, 0.25) is 0 Å². The normalized spacial score (nSPS) is 21.6. The summed E-state index contributed by atoms with van der Waals surface area (Å²) in [5, 5.41) is 0. The molecule has 3 fully saturated rings. The van der Waals surface area contributed by atoms with Crippen LogP contribution < -0.4 is 0 Å². The summed E-state index contributed by atoms with van der Waals surface area (Å²) in [5.41, 5.74) is 6.00. The number of nitrogens with one attached hydrogen (secondary N) is 2. The summed E-state index contributed by atoms with van der Waals surface area (Å²) in [4.78, 5) is 48.0. The number of aromatic nitrogens is 4. The molecule has 4 heterocycles. The van der Waals surface area contributed by atoms with Crippen LogP contribution in [0.15, 0.2) is 48.7 Å². The molecule has 51 heavy (non-hydrogen) atoms. The van der Waals surface area contributed by atoms with E-state index >= 15 is 0 Å². The number of benzene rings is 2. The Kier molecular flexibility index (Phi) is 9.60. The number of piperidine rings is 1. The number of imidazole rings is 2. The summed E-state index contributed by atoms with van der Waals surface area (Å²) in [5.74, 6) is 9.78. The molecule has 2 saturated heterocycles. The van der Waals surface area contributed by atoms with Crippen LogP contribution in [0.1, 0.15) is 108 Å². The van der Waals surface area contributed by atoms with Gasteiger partial charge in [0.2, 0.25) is 11.8 Å². The fourth-order valence-electron chi connectivity index (χ4n) is 7.71. The predicted octanol–water partition coefficient (Wildman–Crippen LogP) is 8.18. The molecule has 2 aromatic carbocycles. The van der Waals surface area contributed by atoms with Crippen molar-refractivity contribution in [1.29, 1.82) is 0 Å². The fraction of sp³-hybridized carbons (Fsp3) is 0.524. The number of rotatable bonds is 8. The Balaban J connectivity index is 1.03. The highest BCUT2D eigenvalue weighted by Crippen LogP contribution is 2.59. The lowest BCUT2D eigenvalue weighted by Crippen LogP contribution is -2.48. The highest BCUT2D eigenvalue weighted by Gasteiger charge is 2.56. The lowest BCUT2D eigenvalue weighted by molar-refractivity contribution is -0.137. The first-order chi connectivity index (χ1) is 24.4. The molecule has 268 valence electrons. The van der Waals surface area contributed by atoms with E-state index in [1.807, 2.05) is 48.5 Å². The molecule has 1 saturated carbocycles. The molecule has 8 nitrogen and oxygen atoms in total. The standard InChI is InChI=1S/C42H52N6O2S/c1-26(2)28(5)39(49)47-20-8-9-32(24-47)37-44-33-17-14-30(21-34(33)45-37)11-10-29-12-15-31(16-13-29)35-23-43-38(46-35)36-22-42(18-19-42)25-48(36)40(50)41(6,51-7)27(3)4/h12-17,21,23,26-28,32,36H,8-9,18-20,22,24-25H2,1-7H3,(H,43,46)(H,44,45). The minimum Gasteiger partial charge on any atom is -0.342 e. The highest BCUT2D eigenvalue weighted by molar-refractivity contribution is 8.00. The van der Waals surface area contributed by atoms with E-state index < -0.39 is 4.75 Å². The number of carbonyl (C=O) groups excluding carboxylic acids is 2. The first-order valence-electron chi connectivity index (χ1n) is 18.7. The van der Waals surface area contributed by atoms with Crippen LogP contribution in [0.25, 0.3) is 22.3 Å². The van der Waals surface area contributed by atoms with Crippen LogP contribution in [-0.2, 0) is 9.59 Å². The van der Waals surface area contributed by atoms with E-state index in [0.29, 0.717) is 12.5 Å². The first-order valence-corrected chi connectivity index (χ1v) is 19.9. The van der Waals surface area contributed by atoms with Gasteiger partial charge in [-0.2, -0.15) is 0 Å². The van der Waals surface area contributed by atoms with E-state index in [9.17, 15) is 9.59 Å². The molecule has 1 spiro atoms. The van der Waals surface area contributed by atoms with Crippen LogP contribution in [0, 0.1) is 35.0 Å². The lowest BCUT2D eigenvalue weighted by Gasteiger charge is -2.36. The molecule has 0 radical (unpaired) electrons. The third kappa shape index (κ3) is 6.96. The zero-order valence-corrected chi connectivity index (χ0v) is 32.0. The summed E-state index contributed by atoms with van der Waals surface area (Å²) >= 11 is 1.66. The molecular formula is C42H52N6O2S. The van der Waals surface area contributed by atoms with Crippen molar-refractivity contribution in [2.75, 3.05) is 25.9 Å².